The normalized spacial score (nSPS) is 10.7. The van der Waals surface area contributed by atoms with E-state index in [2.05, 4.69) is 5.16 Å². The number of hydrogen-bond donors (Lipinski definition) is 1. The summed E-state index contributed by atoms with van der Waals surface area (Å²) in [5.74, 6) is 0.764. The zero-order valence-corrected chi connectivity index (χ0v) is 10.3. The van der Waals surface area contributed by atoms with E-state index >= 15 is 0 Å². The summed E-state index contributed by atoms with van der Waals surface area (Å²) in [5, 5.41) is 12.1. The third-order valence-electron chi connectivity index (χ3n) is 2.41. The highest BCUT2D eigenvalue weighted by molar-refractivity contribution is 6.30. The zero-order chi connectivity index (χ0) is 12.8. The van der Waals surface area contributed by atoms with Crippen LogP contribution in [-0.2, 0) is 6.61 Å². The first-order chi connectivity index (χ1) is 8.78. The van der Waals surface area contributed by atoms with E-state index in [-0.39, 0.29) is 0 Å². The van der Waals surface area contributed by atoms with Crippen LogP contribution in [0.15, 0.2) is 53.7 Å². The van der Waals surface area contributed by atoms with Crippen molar-refractivity contribution in [3.63, 3.8) is 0 Å². The van der Waals surface area contributed by atoms with Crippen LogP contribution in [0.2, 0.25) is 5.02 Å². The minimum atomic E-state index is 0.491. The third kappa shape index (κ3) is 3.50. The number of ether oxygens (including phenoxy) is 1. The number of halogens is 1. The highest BCUT2D eigenvalue weighted by Gasteiger charge is 1.96. The monoisotopic (exact) mass is 261 g/mol. The second kappa shape index (κ2) is 6.07. The average Bonchev–Trinajstić information content (AvgIpc) is 2.40. The summed E-state index contributed by atoms with van der Waals surface area (Å²) >= 11 is 5.80. The van der Waals surface area contributed by atoms with Gasteiger partial charge < -0.3 is 9.94 Å². The minimum absolute atomic E-state index is 0.491. The first-order valence-corrected chi connectivity index (χ1v) is 5.80. The van der Waals surface area contributed by atoms with Crippen molar-refractivity contribution in [1.82, 2.24) is 0 Å². The van der Waals surface area contributed by atoms with Gasteiger partial charge >= 0.3 is 0 Å². The van der Waals surface area contributed by atoms with Crippen LogP contribution in [0.25, 0.3) is 0 Å². The molecular formula is C14H12ClNO2. The van der Waals surface area contributed by atoms with Gasteiger partial charge in [0.1, 0.15) is 12.4 Å². The van der Waals surface area contributed by atoms with E-state index in [0.29, 0.717) is 11.6 Å². The Morgan fingerprint density at radius 3 is 2.33 bits per heavy atom. The summed E-state index contributed by atoms with van der Waals surface area (Å²) in [6, 6.07) is 14.8. The Morgan fingerprint density at radius 1 is 1.06 bits per heavy atom. The predicted molar refractivity (Wildman–Crippen MR) is 71.6 cm³/mol. The molecule has 0 atom stereocenters. The summed E-state index contributed by atoms with van der Waals surface area (Å²) in [6.45, 7) is 0.491. The van der Waals surface area contributed by atoms with Crippen molar-refractivity contribution in [3.8, 4) is 5.75 Å². The zero-order valence-electron chi connectivity index (χ0n) is 9.58. The topological polar surface area (TPSA) is 41.8 Å². The van der Waals surface area contributed by atoms with Gasteiger partial charge in [-0.05, 0) is 47.5 Å². The summed E-state index contributed by atoms with van der Waals surface area (Å²) in [6.07, 6.45) is 1.36. The van der Waals surface area contributed by atoms with Gasteiger partial charge in [-0.1, -0.05) is 28.9 Å². The van der Waals surface area contributed by atoms with Gasteiger partial charge in [-0.15, -0.1) is 0 Å². The van der Waals surface area contributed by atoms with Crippen LogP contribution < -0.4 is 4.74 Å². The van der Waals surface area contributed by atoms with Crippen LogP contribution in [0.4, 0.5) is 0 Å². The maximum atomic E-state index is 8.39. The average molecular weight is 262 g/mol. The Labute approximate surface area is 110 Å². The number of oxime groups is 1. The van der Waals surface area contributed by atoms with Crippen LogP contribution in [0.5, 0.6) is 5.75 Å². The van der Waals surface area contributed by atoms with Gasteiger partial charge in [-0.2, -0.15) is 0 Å². The van der Waals surface area contributed by atoms with E-state index in [4.69, 9.17) is 21.5 Å². The smallest absolute Gasteiger partial charge is 0.119 e. The molecule has 0 aromatic heterocycles. The van der Waals surface area contributed by atoms with Crippen LogP contribution in [0.1, 0.15) is 11.1 Å². The fourth-order valence-corrected chi connectivity index (χ4v) is 1.59. The molecule has 0 aliphatic heterocycles. The first-order valence-electron chi connectivity index (χ1n) is 5.42. The van der Waals surface area contributed by atoms with Crippen molar-refractivity contribution in [2.24, 2.45) is 5.16 Å². The molecule has 1 N–H and O–H groups in total. The van der Waals surface area contributed by atoms with Gasteiger partial charge in [0.05, 0.1) is 6.21 Å². The second-order valence-electron chi connectivity index (χ2n) is 3.73. The first kappa shape index (κ1) is 12.5. The summed E-state index contributed by atoms with van der Waals surface area (Å²) < 4.78 is 5.61. The molecule has 0 aliphatic rings. The predicted octanol–water partition coefficient (Wildman–Crippen LogP) is 3.73. The molecule has 0 unspecified atom stereocenters. The highest BCUT2D eigenvalue weighted by atomic mass is 35.5. The lowest BCUT2D eigenvalue weighted by Crippen LogP contribution is -1.95. The maximum Gasteiger partial charge on any atom is 0.119 e. The summed E-state index contributed by atoms with van der Waals surface area (Å²) in [4.78, 5) is 0. The van der Waals surface area contributed by atoms with E-state index in [1.165, 1.54) is 6.21 Å². The summed E-state index contributed by atoms with van der Waals surface area (Å²) in [5.41, 5.74) is 1.87. The molecule has 0 radical (unpaired) electrons. The van der Waals surface area contributed by atoms with Crippen molar-refractivity contribution in [2.75, 3.05) is 0 Å². The van der Waals surface area contributed by atoms with Crippen LogP contribution in [0.3, 0.4) is 0 Å². The Morgan fingerprint density at radius 2 is 1.72 bits per heavy atom. The van der Waals surface area contributed by atoms with Crippen LogP contribution >= 0.6 is 11.6 Å². The molecule has 2 aromatic carbocycles. The molecule has 0 spiro atoms. The highest BCUT2D eigenvalue weighted by Crippen LogP contribution is 2.15. The Kier molecular flexibility index (Phi) is 4.20. The number of nitrogens with zero attached hydrogens (tertiary/aromatic N) is 1. The molecule has 92 valence electrons. The largest absolute Gasteiger partial charge is 0.489 e. The molecule has 0 bridgehead atoms. The molecular weight excluding hydrogens is 250 g/mol. The minimum Gasteiger partial charge on any atom is -0.489 e. The van der Waals surface area contributed by atoms with E-state index in [9.17, 15) is 0 Å². The summed E-state index contributed by atoms with van der Waals surface area (Å²) in [7, 11) is 0. The fraction of sp³-hybridized carbons (Fsp3) is 0.0714. The van der Waals surface area contributed by atoms with Gasteiger partial charge in [-0.3, -0.25) is 0 Å². The number of benzene rings is 2. The van der Waals surface area contributed by atoms with Crippen molar-refractivity contribution < 1.29 is 9.94 Å². The maximum absolute atomic E-state index is 8.39. The van der Waals surface area contributed by atoms with Crippen molar-refractivity contribution in [2.45, 2.75) is 6.61 Å². The van der Waals surface area contributed by atoms with Gasteiger partial charge in [0.2, 0.25) is 0 Å². The molecule has 0 heterocycles. The second-order valence-corrected chi connectivity index (χ2v) is 4.17. The van der Waals surface area contributed by atoms with Crippen molar-refractivity contribution >= 4 is 17.8 Å². The third-order valence-corrected chi connectivity index (χ3v) is 2.66. The SMILES string of the molecule is ON=Cc1ccc(OCc2ccc(Cl)cc2)cc1. The fourth-order valence-electron chi connectivity index (χ4n) is 1.46. The van der Waals surface area contributed by atoms with Crippen LogP contribution in [-0.4, -0.2) is 11.4 Å². The molecule has 0 saturated heterocycles. The molecule has 2 aromatic rings. The van der Waals surface area contributed by atoms with Crippen molar-refractivity contribution in [3.05, 3.63) is 64.7 Å². The van der Waals surface area contributed by atoms with E-state index in [1.54, 1.807) is 0 Å². The molecule has 0 amide bonds. The molecule has 0 fully saturated rings. The standard InChI is InChI=1S/C14H12ClNO2/c15-13-5-1-12(2-6-13)10-18-14-7-3-11(4-8-14)9-16-17/h1-9,17H,10H2. The Hall–Kier alpha value is -2.00. The van der Waals surface area contributed by atoms with Crippen LogP contribution in [0, 0.1) is 0 Å². The van der Waals surface area contributed by atoms with E-state index in [1.807, 2.05) is 48.5 Å². The van der Waals surface area contributed by atoms with Gasteiger partial charge in [0.15, 0.2) is 0 Å². The number of rotatable bonds is 4. The molecule has 4 heteroatoms. The lowest BCUT2D eigenvalue weighted by atomic mass is 10.2. The molecule has 18 heavy (non-hydrogen) atoms. The quantitative estimate of drug-likeness (QED) is 0.518. The molecule has 0 saturated carbocycles. The number of hydrogen-bond acceptors (Lipinski definition) is 3. The lowest BCUT2D eigenvalue weighted by Gasteiger charge is -2.06. The van der Waals surface area contributed by atoms with Gasteiger partial charge in [0.25, 0.3) is 0 Å². The van der Waals surface area contributed by atoms with Crippen molar-refractivity contribution in [1.29, 1.82) is 0 Å². The van der Waals surface area contributed by atoms with E-state index in [0.717, 1.165) is 16.9 Å². The Bertz CT molecular complexity index is 520. The Balaban J connectivity index is 1.95. The molecule has 3 nitrogen and oxygen atoms in total. The van der Waals surface area contributed by atoms with E-state index < -0.39 is 0 Å². The lowest BCUT2D eigenvalue weighted by molar-refractivity contribution is 0.306. The van der Waals surface area contributed by atoms with Gasteiger partial charge in [0, 0.05) is 5.02 Å². The van der Waals surface area contributed by atoms with Gasteiger partial charge in [-0.25, -0.2) is 0 Å². The molecule has 0 aliphatic carbocycles. The molecule has 2 rings (SSSR count).